The molecule has 0 fully saturated rings. The highest BCUT2D eigenvalue weighted by molar-refractivity contribution is 5.28. The zero-order chi connectivity index (χ0) is 14.3. The highest BCUT2D eigenvalue weighted by Gasteiger charge is 2.17. The van der Waals surface area contributed by atoms with Gasteiger partial charge < -0.3 is 10.1 Å². The van der Waals surface area contributed by atoms with Crippen molar-refractivity contribution in [3.8, 4) is 5.88 Å². The Kier molecular flexibility index (Phi) is 6.78. The quantitative estimate of drug-likeness (QED) is 0.785. The van der Waals surface area contributed by atoms with E-state index in [9.17, 15) is 0 Å². The van der Waals surface area contributed by atoms with Gasteiger partial charge in [-0.1, -0.05) is 20.8 Å². The van der Waals surface area contributed by atoms with Gasteiger partial charge in [-0.2, -0.15) is 0 Å². The minimum Gasteiger partial charge on any atom is -0.478 e. The maximum Gasteiger partial charge on any atom is 0.219 e. The summed E-state index contributed by atoms with van der Waals surface area (Å²) in [4.78, 5) is 8.61. The van der Waals surface area contributed by atoms with Gasteiger partial charge in [0.1, 0.15) is 6.33 Å². The fraction of sp³-hybridized carbons (Fsp3) is 0.733. The van der Waals surface area contributed by atoms with E-state index >= 15 is 0 Å². The molecule has 0 radical (unpaired) electrons. The lowest BCUT2D eigenvalue weighted by molar-refractivity contribution is 0.321. The lowest BCUT2D eigenvalue weighted by Gasteiger charge is -2.23. The lowest BCUT2D eigenvalue weighted by atomic mass is 9.97. The van der Waals surface area contributed by atoms with Crippen LogP contribution in [0.15, 0.2) is 6.33 Å². The normalized spacial score (nSPS) is 12.7. The van der Waals surface area contributed by atoms with Crippen LogP contribution in [0, 0.1) is 12.8 Å². The van der Waals surface area contributed by atoms with Gasteiger partial charge in [0.05, 0.1) is 12.3 Å². The van der Waals surface area contributed by atoms with Crippen molar-refractivity contribution in [1.82, 2.24) is 15.3 Å². The molecule has 1 N–H and O–H groups in total. The molecule has 0 saturated carbocycles. The summed E-state index contributed by atoms with van der Waals surface area (Å²) in [6.07, 6.45) is 3.67. The number of ether oxygens (including phenoxy) is 1. The Morgan fingerprint density at radius 2 is 2.00 bits per heavy atom. The molecule has 0 aliphatic rings. The van der Waals surface area contributed by atoms with Crippen LogP contribution < -0.4 is 10.1 Å². The highest BCUT2D eigenvalue weighted by Crippen LogP contribution is 2.19. The fourth-order valence-corrected chi connectivity index (χ4v) is 2.04. The Morgan fingerprint density at radius 1 is 1.26 bits per heavy atom. The van der Waals surface area contributed by atoms with E-state index in [1.165, 1.54) is 0 Å². The SMILES string of the molecule is CCCNC(Cc1ncnc(OCC)c1C)C(C)C. The predicted molar refractivity (Wildman–Crippen MR) is 78.6 cm³/mol. The monoisotopic (exact) mass is 265 g/mol. The molecule has 0 amide bonds. The molecular weight excluding hydrogens is 238 g/mol. The van der Waals surface area contributed by atoms with Crippen molar-refractivity contribution in [2.24, 2.45) is 5.92 Å². The first-order valence-corrected chi connectivity index (χ1v) is 7.26. The van der Waals surface area contributed by atoms with Crippen molar-refractivity contribution in [2.75, 3.05) is 13.2 Å². The van der Waals surface area contributed by atoms with E-state index in [0.29, 0.717) is 24.4 Å². The van der Waals surface area contributed by atoms with Crippen molar-refractivity contribution in [3.63, 3.8) is 0 Å². The lowest BCUT2D eigenvalue weighted by Crippen LogP contribution is -2.36. The fourth-order valence-electron chi connectivity index (χ4n) is 2.04. The smallest absolute Gasteiger partial charge is 0.219 e. The minimum absolute atomic E-state index is 0.447. The van der Waals surface area contributed by atoms with Gasteiger partial charge in [0.2, 0.25) is 5.88 Å². The maximum atomic E-state index is 5.53. The Morgan fingerprint density at radius 3 is 2.58 bits per heavy atom. The number of rotatable bonds is 8. The first-order valence-electron chi connectivity index (χ1n) is 7.26. The molecule has 0 aliphatic heterocycles. The first-order chi connectivity index (χ1) is 9.10. The van der Waals surface area contributed by atoms with E-state index in [4.69, 9.17) is 4.74 Å². The molecule has 1 aromatic heterocycles. The second-order valence-corrected chi connectivity index (χ2v) is 5.19. The minimum atomic E-state index is 0.447. The third-order valence-electron chi connectivity index (χ3n) is 3.30. The summed E-state index contributed by atoms with van der Waals surface area (Å²) in [5.41, 5.74) is 2.15. The van der Waals surface area contributed by atoms with Crippen LogP contribution in [0.4, 0.5) is 0 Å². The maximum absolute atomic E-state index is 5.53. The van der Waals surface area contributed by atoms with E-state index < -0.39 is 0 Å². The van der Waals surface area contributed by atoms with Gasteiger partial charge in [-0.15, -0.1) is 0 Å². The third kappa shape index (κ3) is 4.78. The van der Waals surface area contributed by atoms with Gasteiger partial charge >= 0.3 is 0 Å². The van der Waals surface area contributed by atoms with Crippen molar-refractivity contribution in [3.05, 3.63) is 17.6 Å². The molecule has 4 nitrogen and oxygen atoms in total. The van der Waals surface area contributed by atoms with E-state index in [-0.39, 0.29) is 0 Å². The molecule has 1 aromatic rings. The van der Waals surface area contributed by atoms with Crippen molar-refractivity contribution < 1.29 is 4.74 Å². The zero-order valence-corrected chi connectivity index (χ0v) is 12.9. The van der Waals surface area contributed by atoms with Crippen LogP contribution in [0.3, 0.4) is 0 Å². The number of nitrogens with one attached hydrogen (secondary N) is 1. The number of aromatic nitrogens is 2. The van der Waals surface area contributed by atoms with Crippen LogP contribution in [0.25, 0.3) is 0 Å². The molecule has 0 aromatic carbocycles. The number of hydrogen-bond acceptors (Lipinski definition) is 4. The van der Waals surface area contributed by atoms with Crippen molar-refractivity contribution in [1.29, 1.82) is 0 Å². The standard InChI is InChI=1S/C15H27N3O/c1-6-8-16-13(11(3)4)9-14-12(5)15(19-7-2)18-10-17-14/h10-11,13,16H,6-9H2,1-5H3. The van der Waals surface area contributed by atoms with Gasteiger partial charge in [0, 0.05) is 18.0 Å². The zero-order valence-electron chi connectivity index (χ0n) is 12.9. The summed E-state index contributed by atoms with van der Waals surface area (Å²) in [6, 6.07) is 0.447. The average molecular weight is 265 g/mol. The molecule has 1 unspecified atom stereocenters. The summed E-state index contributed by atoms with van der Waals surface area (Å²) in [7, 11) is 0. The molecule has 1 atom stereocenters. The van der Waals surface area contributed by atoms with Crippen molar-refractivity contribution in [2.45, 2.75) is 53.5 Å². The predicted octanol–water partition coefficient (Wildman–Crippen LogP) is 2.75. The van der Waals surface area contributed by atoms with Gasteiger partial charge in [-0.3, -0.25) is 0 Å². The molecule has 1 heterocycles. The molecule has 1 rings (SSSR count). The summed E-state index contributed by atoms with van der Waals surface area (Å²) in [6.45, 7) is 12.4. The number of nitrogens with zero attached hydrogens (tertiary/aromatic N) is 2. The summed E-state index contributed by atoms with van der Waals surface area (Å²) < 4.78 is 5.53. The molecule has 108 valence electrons. The second-order valence-electron chi connectivity index (χ2n) is 5.19. The van der Waals surface area contributed by atoms with Crippen molar-refractivity contribution >= 4 is 0 Å². The summed E-state index contributed by atoms with van der Waals surface area (Å²) >= 11 is 0. The van der Waals surface area contributed by atoms with Gasteiger partial charge in [-0.25, -0.2) is 9.97 Å². The molecule has 4 heteroatoms. The molecular formula is C15H27N3O. The molecule has 0 spiro atoms. The molecule has 19 heavy (non-hydrogen) atoms. The van der Waals surface area contributed by atoms with Crippen LogP contribution in [0.2, 0.25) is 0 Å². The van der Waals surface area contributed by atoms with Gasteiger partial charge in [0.15, 0.2) is 0 Å². The molecule has 0 aliphatic carbocycles. The molecule has 0 bridgehead atoms. The van der Waals surface area contributed by atoms with E-state index in [0.717, 1.165) is 30.6 Å². The Labute approximate surface area is 117 Å². The van der Waals surface area contributed by atoms with E-state index in [1.54, 1.807) is 6.33 Å². The Bertz CT molecular complexity index is 380. The van der Waals surface area contributed by atoms with E-state index in [1.807, 2.05) is 13.8 Å². The first kappa shape index (κ1) is 15.9. The second kappa shape index (κ2) is 8.10. The van der Waals surface area contributed by atoms with Crippen LogP contribution in [-0.2, 0) is 6.42 Å². The summed E-state index contributed by atoms with van der Waals surface area (Å²) in [5, 5.41) is 3.59. The number of hydrogen-bond donors (Lipinski definition) is 1. The largest absolute Gasteiger partial charge is 0.478 e. The van der Waals surface area contributed by atoms with Crippen LogP contribution in [0.5, 0.6) is 5.88 Å². The summed E-state index contributed by atoms with van der Waals surface area (Å²) in [5.74, 6) is 1.29. The highest BCUT2D eigenvalue weighted by atomic mass is 16.5. The van der Waals surface area contributed by atoms with Crippen LogP contribution >= 0.6 is 0 Å². The third-order valence-corrected chi connectivity index (χ3v) is 3.30. The molecule has 0 saturated heterocycles. The topological polar surface area (TPSA) is 47.0 Å². The van der Waals surface area contributed by atoms with Gasteiger partial charge in [-0.05, 0) is 32.7 Å². The van der Waals surface area contributed by atoms with E-state index in [2.05, 4.69) is 36.1 Å². The van der Waals surface area contributed by atoms with Crippen LogP contribution in [0.1, 0.15) is 45.4 Å². The Hall–Kier alpha value is -1.16. The Balaban J connectivity index is 2.81. The average Bonchev–Trinajstić information content (AvgIpc) is 2.38. The van der Waals surface area contributed by atoms with Gasteiger partial charge in [0.25, 0.3) is 0 Å². The van der Waals surface area contributed by atoms with Crippen LogP contribution in [-0.4, -0.2) is 29.2 Å².